The predicted octanol–water partition coefficient (Wildman–Crippen LogP) is 2.88. The van der Waals surface area contributed by atoms with Gasteiger partial charge in [-0.3, -0.25) is 0 Å². The van der Waals surface area contributed by atoms with Crippen LogP contribution in [0.5, 0.6) is 11.5 Å². The number of hydrogen-bond donors (Lipinski definition) is 2. The smallest absolute Gasteiger partial charge is 0.319 e. The zero-order chi connectivity index (χ0) is 17.2. The third kappa shape index (κ3) is 3.09. The maximum absolute atomic E-state index is 12.1. The second kappa shape index (κ2) is 6.21. The van der Waals surface area contributed by atoms with E-state index in [9.17, 15) is 10.1 Å². The molecule has 1 aliphatic rings. The normalized spacial score (nSPS) is 17.9. The van der Waals surface area contributed by atoms with Crippen molar-refractivity contribution in [3.8, 4) is 17.6 Å². The van der Waals surface area contributed by atoms with Gasteiger partial charge in [0.1, 0.15) is 0 Å². The number of para-hydroxylation sites is 1. The Balaban J connectivity index is 2.67. The molecule has 1 heterocycles. The molecule has 23 heavy (non-hydrogen) atoms. The van der Waals surface area contributed by atoms with Gasteiger partial charge in [-0.15, -0.1) is 0 Å². The highest BCUT2D eigenvalue weighted by molar-refractivity contribution is 5.80. The van der Waals surface area contributed by atoms with E-state index in [4.69, 9.17) is 9.47 Å². The van der Waals surface area contributed by atoms with Gasteiger partial charge in [0.15, 0.2) is 11.5 Å². The van der Waals surface area contributed by atoms with Gasteiger partial charge in [-0.25, -0.2) is 4.79 Å². The first-order valence-electron chi connectivity index (χ1n) is 7.26. The summed E-state index contributed by atoms with van der Waals surface area (Å²) in [5, 5.41) is 15.2. The molecule has 1 aliphatic heterocycles. The standard InChI is InChI=1S/C17H21N3O3/c1-17(2,3)15-11(9-18)13(19-16(21)20-15)10-7-6-8-12(22-4)14(10)23-5/h6-8,13H,1-5H3,(H2,19,20,21)/t13-/m1/s1. The Morgan fingerprint density at radius 2 is 1.91 bits per heavy atom. The first-order chi connectivity index (χ1) is 10.8. The van der Waals surface area contributed by atoms with Crippen molar-refractivity contribution in [1.29, 1.82) is 5.26 Å². The fourth-order valence-corrected chi connectivity index (χ4v) is 2.65. The Morgan fingerprint density at radius 1 is 1.22 bits per heavy atom. The number of nitrogens with one attached hydrogen (secondary N) is 2. The van der Waals surface area contributed by atoms with Gasteiger partial charge in [-0.1, -0.05) is 32.9 Å². The molecule has 1 aromatic rings. The van der Waals surface area contributed by atoms with Crippen molar-refractivity contribution in [2.45, 2.75) is 26.8 Å². The molecule has 122 valence electrons. The fourth-order valence-electron chi connectivity index (χ4n) is 2.65. The van der Waals surface area contributed by atoms with Crippen molar-refractivity contribution in [3.63, 3.8) is 0 Å². The van der Waals surface area contributed by atoms with E-state index in [0.29, 0.717) is 28.3 Å². The molecule has 6 heteroatoms. The third-order valence-electron chi connectivity index (χ3n) is 3.69. The molecule has 0 radical (unpaired) electrons. The Bertz CT molecular complexity index is 696. The Kier molecular flexibility index (Phi) is 4.50. The lowest BCUT2D eigenvalue weighted by Gasteiger charge is -2.33. The zero-order valence-electron chi connectivity index (χ0n) is 14.0. The summed E-state index contributed by atoms with van der Waals surface area (Å²) < 4.78 is 10.7. The lowest BCUT2D eigenvalue weighted by molar-refractivity contribution is 0.234. The van der Waals surface area contributed by atoms with Crippen LogP contribution in [-0.4, -0.2) is 20.3 Å². The van der Waals surface area contributed by atoms with Crippen molar-refractivity contribution in [2.75, 3.05) is 14.2 Å². The Labute approximate surface area is 136 Å². The van der Waals surface area contributed by atoms with Crippen molar-refractivity contribution in [3.05, 3.63) is 35.0 Å². The Hall–Kier alpha value is -2.68. The SMILES string of the molecule is COc1cccc([C@H]2NC(=O)NC(C(C)(C)C)=C2C#N)c1OC. The number of nitrogens with zero attached hydrogens (tertiary/aromatic N) is 1. The van der Waals surface area contributed by atoms with Crippen molar-refractivity contribution in [2.24, 2.45) is 5.41 Å². The monoisotopic (exact) mass is 315 g/mol. The number of benzene rings is 1. The summed E-state index contributed by atoms with van der Waals surface area (Å²) in [5.41, 5.74) is 1.38. The number of rotatable bonds is 3. The molecule has 0 saturated carbocycles. The van der Waals surface area contributed by atoms with Crippen LogP contribution in [0.3, 0.4) is 0 Å². The van der Waals surface area contributed by atoms with Crippen LogP contribution in [0.15, 0.2) is 29.5 Å². The number of allylic oxidation sites excluding steroid dienone is 1. The van der Waals surface area contributed by atoms with E-state index in [2.05, 4.69) is 16.7 Å². The fraction of sp³-hybridized carbons (Fsp3) is 0.412. The number of urea groups is 1. The lowest BCUT2D eigenvalue weighted by Crippen LogP contribution is -2.46. The van der Waals surface area contributed by atoms with Crippen LogP contribution < -0.4 is 20.1 Å². The quantitative estimate of drug-likeness (QED) is 0.898. The van der Waals surface area contributed by atoms with Crippen LogP contribution in [0.25, 0.3) is 0 Å². The summed E-state index contributed by atoms with van der Waals surface area (Å²) in [6.45, 7) is 5.85. The van der Waals surface area contributed by atoms with Crippen molar-refractivity contribution >= 4 is 6.03 Å². The van der Waals surface area contributed by atoms with E-state index in [1.807, 2.05) is 26.8 Å². The van der Waals surface area contributed by atoms with E-state index < -0.39 is 6.04 Å². The molecule has 2 N–H and O–H groups in total. The third-order valence-corrected chi connectivity index (χ3v) is 3.69. The minimum atomic E-state index is -0.590. The molecular weight excluding hydrogens is 294 g/mol. The molecule has 2 amide bonds. The molecular formula is C17H21N3O3. The molecule has 6 nitrogen and oxygen atoms in total. The van der Waals surface area contributed by atoms with Crippen LogP contribution >= 0.6 is 0 Å². The molecule has 0 aromatic heterocycles. The highest BCUT2D eigenvalue weighted by Gasteiger charge is 2.35. The number of carbonyl (C=O) groups excluding carboxylic acids is 1. The average Bonchev–Trinajstić information content (AvgIpc) is 2.52. The second-order valence-corrected chi connectivity index (χ2v) is 6.26. The van der Waals surface area contributed by atoms with Crippen molar-refractivity contribution in [1.82, 2.24) is 10.6 Å². The molecule has 0 saturated heterocycles. The summed E-state index contributed by atoms with van der Waals surface area (Å²) in [4.78, 5) is 12.1. The molecule has 2 rings (SSSR count). The number of methoxy groups -OCH3 is 2. The minimum Gasteiger partial charge on any atom is -0.493 e. The van der Waals surface area contributed by atoms with Gasteiger partial charge in [-0.05, 0) is 6.07 Å². The van der Waals surface area contributed by atoms with Gasteiger partial charge in [0.05, 0.1) is 31.9 Å². The van der Waals surface area contributed by atoms with Gasteiger partial charge >= 0.3 is 6.03 Å². The molecule has 0 unspecified atom stereocenters. The summed E-state index contributed by atoms with van der Waals surface area (Å²) >= 11 is 0. The van der Waals surface area contributed by atoms with Crippen LogP contribution in [0, 0.1) is 16.7 Å². The number of carbonyl (C=O) groups is 1. The van der Waals surface area contributed by atoms with E-state index in [0.717, 1.165) is 0 Å². The molecule has 0 aliphatic carbocycles. The first kappa shape index (κ1) is 16.7. The molecule has 0 bridgehead atoms. The van der Waals surface area contributed by atoms with Crippen LogP contribution in [0.1, 0.15) is 32.4 Å². The van der Waals surface area contributed by atoms with Gasteiger partial charge in [-0.2, -0.15) is 5.26 Å². The molecule has 1 atom stereocenters. The Morgan fingerprint density at radius 3 is 2.43 bits per heavy atom. The van der Waals surface area contributed by atoms with E-state index in [-0.39, 0.29) is 11.4 Å². The number of hydrogen-bond acceptors (Lipinski definition) is 4. The maximum Gasteiger partial charge on any atom is 0.319 e. The predicted molar refractivity (Wildman–Crippen MR) is 86.0 cm³/mol. The van der Waals surface area contributed by atoms with E-state index in [1.165, 1.54) is 7.11 Å². The summed E-state index contributed by atoms with van der Waals surface area (Å²) in [7, 11) is 3.08. The average molecular weight is 315 g/mol. The molecule has 0 spiro atoms. The number of ether oxygens (including phenoxy) is 2. The molecule has 0 fully saturated rings. The largest absolute Gasteiger partial charge is 0.493 e. The van der Waals surface area contributed by atoms with Gasteiger partial charge < -0.3 is 20.1 Å². The second-order valence-electron chi connectivity index (χ2n) is 6.26. The maximum atomic E-state index is 12.1. The number of amides is 2. The zero-order valence-corrected chi connectivity index (χ0v) is 14.0. The van der Waals surface area contributed by atoms with Crippen LogP contribution in [0.2, 0.25) is 0 Å². The topological polar surface area (TPSA) is 83.4 Å². The van der Waals surface area contributed by atoms with Gasteiger partial charge in [0.2, 0.25) is 0 Å². The summed E-state index contributed by atoms with van der Waals surface area (Å²) in [5.74, 6) is 1.05. The lowest BCUT2D eigenvalue weighted by atomic mass is 9.84. The highest BCUT2D eigenvalue weighted by atomic mass is 16.5. The van der Waals surface area contributed by atoms with Crippen LogP contribution in [0.4, 0.5) is 4.79 Å². The first-order valence-corrected chi connectivity index (χ1v) is 7.26. The summed E-state index contributed by atoms with van der Waals surface area (Å²) in [6.07, 6.45) is 0. The highest BCUT2D eigenvalue weighted by Crippen LogP contribution is 2.40. The van der Waals surface area contributed by atoms with Gasteiger partial charge in [0.25, 0.3) is 0 Å². The van der Waals surface area contributed by atoms with E-state index >= 15 is 0 Å². The number of nitriles is 1. The molecule has 1 aromatic carbocycles. The van der Waals surface area contributed by atoms with E-state index in [1.54, 1.807) is 19.2 Å². The van der Waals surface area contributed by atoms with Crippen LogP contribution in [-0.2, 0) is 0 Å². The van der Waals surface area contributed by atoms with Crippen molar-refractivity contribution < 1.29 is 14.3 Å². The minimum absolute atomic E-state index is 0.344. The summed E-state index contributed by atoms with van der Waals surface area (Å²) in [6, 6.07) is 6.68. The van der Waals surface area contributed by atoms with Gasteiger partial charge in [0, 0.05) is 16.7 Å².